The fraction of sp³-hybridized carbons (Fsp3) is 0.100. The molecule has 2 aromatic carbocycles. The molecule has 0 aliphatic carbocycles. The SMILES string of the molecule is COC(=O)c1sc(Nc2cccc(Cl)c2C)c(-c2nc3ccccc3s2)c1N. The third-order valence-corrected chi connectivity index (χ3v) is 6.90. The van der Waals surface area contributed by atoms with E-state index in [1.165, 1.54) is 29.8 Å². The van der Waals surface area contributed by atoms with Gasteiger partial charge in [0.05, 0.1) is 28.6 Å². The number of methoxy groups -OCH3 is 1. The Kier molecular flexibility index (Phi) is 4.97. The van der Waals surface area contributed by atoms with Crippen LogP contribution in [0.2, 0.25) is 5.02 Å². The number of anilines is 3. The summed E-state index contributed by atoms with van der Waals surface area (Å²) in [6.07, 6.45) is 0. The fourth-order valence-corrected chi connectivity index (χ4v) is 5.16. The maximum atomic E-state index is 12.2. The van der Waals surface area contributed by atoms with Gasteiger partial charge in [-0.25, -0.2) is 9.78 Å². The Labute approximate surface area is 174 Å². The van der Waals surface area contributed by atoms with Gasteiger partial charge in [-0.2, -0.15) is 0 Å². The van der Waals surface area contributed by atoms with Crippen LogP contribution in [0.5, 0.6) is 0 Å². The number of para-hydroxylation sites is 1. The number of halogens is 1. The number of nitrogens with one attached hydrogen (secondary N) is 1. The van der Waals surface area contributed by atoms with Gasteiger partial charge in [0.2, 0.25) is 0 Å². The molecule has 2 aromatic heterocycles. The van der Waals surface area contributed by atoms with Gasteiger partial charge in [-0.05, 0) is 36.8 Å². The summed E-state index contributed by atoms with van der Waals surface area (Å²) >= 11 is 9.03. The minimum atomic E-state index is -0.472. The average Bonchev–Trinajstić information content (AvgIpc) is 3.25. The Hall–Kier alpha value is -2.61. The highest BCUT2D eigenvalue weighted by atomic mass is 35.5. The van der Waals surface area contributed by atoms with Gasteiger partial charge in [0.15, 0.2) is 0 Å². The largest absolute Gasteiger partial charge is 0.465 e. The number of benzene rings is 2. The van der Waals surface area contributed by atoms with Gasteiger partial charge >= 0.3 is 5.97 Å². The van der Waals surface area contributed by atoms with Crippen LogP contribution in [-0.4, -0.2) is 18.1 Å². The van der Waals surface area contributed by atoms with Crippen molar-refractivity contribution in [3.8, 4) is 10.6 Å². The van der Waals surface area contributed by atoms with Crippen molar-refractivity contribution in [3.05, 3.63) is 57.9 Å². The van der Waals surface area contributed by atoms with E-state index in [2.05, 4.69) is 5.32 Å². The summed E-state index contributed by atoms with van der Waals surface area (Å²) in [6, 6.07) is 13.5. The first-order valence-corrected chi connectivity index (χ1v) is 10.4. The molecule has 28 heavy (non-hydrogen) atoms. The van der Waals surface area contributed by atoms with Gasteiger partial charge in [0, 0.05) is 10.7 Å². The summed E-state index contributed by atoms with van der Waals surface area (Å²) in [4.78, 5) is 17.3. The standard InChI is InChI=1S/C20H16ClN3O2S2/c1-10-11(21)6-5-8-12(10)23-19-15(16(22)17(28-19)20(25)26-2)18-24-13-7-3-4-9-14(13)27-18/h3-9,23H,22H2,1-2H3. The predicted molar refractivity (Wildman–Crippen MR) is 118 cm³/mol. The molecular formula is C20H16ClN3O2S2. The monoisotopic (exact) mass is 429 g/mol. The molecule has 0 spiro atoms. The Bertz CT molecular complexity index is 1170. The highest BCUT2D eigenvalue weighted by Gasteiger charge is 2.25. The number of nitrogens with two attached hydrogens (primary N) is 1. The number of carbonyl (C=O) groups is 1. The topological polar surface area (TPSA) is 77.2 Å². The van der Waals surface area contributed by atoms with Crippen molar-refractivity contribution in [3.63, 3.8) is 0 Å². The molecule has 0 bridgehead atoms. The van der Waals surface area contributed by atoms with Crippen molar-refractivity contribution in [2.75, 3.05) is 18.2 Å². The number of ether oxygens (including phenoxy) is 1. The van der Waals surface area contributed by atoms with E-state index in [1.807, 2.05) is 49.4 Å². The summed E-state index contributed by atoms with van der Waals surface area (Å²) < 4.78 is 5.95. The quantitative estimate of drug-likeness (QED) is 0.383. The van der Waals surface area contributed by atoms with E-state index in [0.717, 1.165) is 31.5 Å². The highest BCUT2D eigenvalue weighted by molar-refractivity contribution is 7.23. The number of fused-ring (bicyclic) bond motifs is 1. The van der Waals surface area contributed by atoms with Gasteiger partial charge in [-0.3, -0.25) is 0 Å². The zero-order valence-corrected chi connectivity index (χ0v) is 17.5. The molecular weight excluding hydrogens is 414 g/mol. The molecule has 4 rings (SSSR count). The summed E-state index contributed by atoms with van der Waals surface area (Å²) in [6.45, 7) is 1.93. The maximum Gasteiger partial charge on any atom is 0.350 e. The number of nitrogen functional groups attached to an aromatic ring is 1. The first-order valence-electron chi connectivity index (χ1n) is 8.38. The van der Waals surface area contributed by atoms with Crippen LogP contribution >= 0.6 is 34.3 Å². The number of carbonyl (C=O) groups excluding carboxylic acids is 1. The Balaban J connectivity index is 1.89. The third kappa shape index (κ3) is 3.22. The van der Waals surface area contributed by atoms with E-state index < -0.39 is 5.97 Å². The lowest BCUT2D eigenvalue weighted by Crippen LogP contribution is -2.02. The van der Waals surface area contributed by atoms with Crippen LogP contribution in [0.15, 0.2) is 42.5 Å². The number of hydrogen-bond donors (Lipinski definition) is 2. The van der Waals surface area contributed by atoms with Gasteiger partial charge in [-0.15, -0.1) is 22.7 Å². The lowest BCUT2D eigenvalue weighted by Gasteiger charge is -2.10. The van der Waals surface area contributed by atoms with Crippen LogP contribution in [0.3, 0.4) is 0 Å². The van der Waals surface area contributed by atoms with Crippen LogP contribution in [0.1, 0.15) is 15.2 Å². The number of nitrogens with zero attached hydrogens (tertiary/aromatic N) is 1. The number of thiophene rings is 1. The molecule has 0 saturated heterocycles. The predicted octanol–water partition coefficient (Wildman–Crippen LogP) is 6.10. The molecule has 0 saturated carbocycles. The van der Waals surface area contributed by atoms with Gasteiger partial charge in [-0.1, -0.05) is 29.8 Å². The summed E-state index contributed by atoms with van der Waals surface area (Å²) in [5.41, 5.74) is 10.1. The van der Waals surface area contributed by atoms with Crippen LogP contribution in [-0.2, 0) is 4.74 Å². The number of thiazole rings is 1. The molecule has 8 heteroatoms. The van der Waals surface area contributed by atoms with Crippen molar-refractivity contribution >= 4 is 66.8 Å². The number of hydrogen-bond acceptors (Lipinski definition) is 7. The second kappa shape index (κ2) is 7.43. The van der Waals surface area contributed by atoms with E-state index in [0.29, 0.717) is 21.2 Å². The normalized spacial score (nSPS) is 11.0. The smallest absolute Gasteiger partial charge is 0.350 e. The van der Waals surface area contributed by atoms with Crippen molar-refractivity contribution < 1.29 is 9.53 Å². The third-order valence-electron chi connectivity index (χ3n) is 4.34. The molecule has 0 radical (unpaired) electrons. The second-order valence-electron chi connectivity index (χ2n) is 6.06. The molecule has 2 heterocycles. The van der Waals surface area contributed by atoms with Crippen molar-refractivity contribution in [2.45, 2.75) is 6.92 Å². The maximum absolute atomic E-state index is 12.2. The van der Waals surface area contributed by atoms with E-state index >= 15 is 0 Å². The van der Waals surface area contributed by atoms with Crippen LogP contribution in [0.4, 0.5) is 16.4 Å². The Morgan fingerprint density at radius 1 is 1.18 bits per heavy atom. The van der Waals surface area contributed by atoms with Crippen LogP contribution in [0.25, 0.3) is 20.8 Å². The molecule has 142 valence electrons. The molecule has 5 nitrogen and oxygen atoms in total. The van der Waals surface area contributed by atoms with Crippen molar-refractivity contribution in [1.29, 1.82) is 0 Å². The van der Waals surface area contributed by atoms with Crippen molar-refractivity contribution in [2.24, 2.45) is 0 Å². The molecule has 0 aliphatic rings. The molecule has 0 aliphatic heterocycles. The minimum Gasteiger partial charge on any atom is -0.465 e. The zero-order valence-electron chi connectivity index (χ0n) is 15.1. The fourth-order valence-electron chi connectivity index (χ4n) is 2.83. The zero-order chi connectivity index (χ0) is 19.8. The molecule has 0 atom stereocenters. The van der Waals surface area contributed by atoms with Crippen LogP contribution in [0, 0.1) is 6.92 Å². The van der Waals surface area contributed by atoms with E-state index in [1.54, 1.807) is 0 Å². The van der Waals surface area contributed by atoms with Crippen molar-refractivity contribution in [1.82, 2.24) is 4.98 Å². The summed E-state index contributed by atoms with van der Waals surface area (Å²) in [5, 5.41) is 5.50. The first-order chi connectivity index (χ1) is 13.5. The lowest BCUT2D eigenvalue weighted by molar-refractivity contribution is 0.0607. The van der Waals surface area contributed by atoms with E-state index in [9.17, 15) is 4.79 Å². The lowest BCUT2D eigenvalue weighted by atomic mass is 10.2. The summed E-state index contributed by atoms with van der Waals surface area (Å²) in [5.74, 6) is -0.472. The first kappa shape index (κ1) is 18.7. The molecule has 3 N–H and O–H groups in total. The number of aromatic nitrogens is 1. The molecule has 4 aromatic rings. The number of rotatable bonds is 4. The van der Waals surface area contributed by atoms with E-state index in [-0.39, 0.29) is 0 Å². The number of esters is 1. The summed E-state index contributed by atoms with van der Waals surface area (Å²) in [7, 11) is 1.34. The Morgan fingerprint density at radius 3 is 2.71 bits per heavy atom. The Morgan fingerprint density at radius 2 is 1.96 bits per heavy atom. The average molecular weight is 430 g/mol. The minimum absolute atomic E-state index is 0.346. The second-order valence-corrected chi connectivity index (χ2v) is 8.52. The van der Waals surface area contributed by atoms with Crippen LogP contribution < -0.4 is 11.1 Å². The molecule has 0 amide bonds. The van der Waals surface area contributed by atoms with Gasteiger partial charge < -0.3 is 15.8 Å². The molecule has 0 unspecified atom stereocenters. The van der Waals surface area contributed by atoms with Gasteiger partial charge in [0.25, 0.3) is 0 Å². The molecule has 0 fully saturated rings. The van der Waals surface area contributed by atoms with Gasteiger partial charge in [0.1, 0.15) is 14.9 Å². The van der Waals surface area contributed by atoms with E-state index in [4.69, 9.17) is 27.1 Å². The highest BCUT2D eigenvalue weighted by Crippen LogP contribution is 2.47.